The zero-order valence-corrected chi connectivity index (χ0v) is 20.6. The molecule has 0 aromatic carbocycles. The molecule has 0 spiro atoms. The van der Waals surface area contributed by atoms with Crippen LogP contribution in [0.2, 0.25) is 0 Å². The Labute approximate surface area is 198 Å². The first-order valence-corrected chi connectivity index (χ1v) is 13.2. The topological polar surface area (TPSA) is 79.2 Å². The fourth-order valence-corrected chi connectivity index (χ4v) is 5.21. The zero-order chi connectivity index (χ0) is 23.0. The Morgan fingerprint density at radius 3 is 2.85 bits per heavy atom. The number of unbranched alkanes of at least 4 members (excludes halogenated alkanes) is 1. The van der Waals surface area contributed by atoms with Crippen molar-refractivity contribution in [3.05, 3.63) is 12.2 Å². The number of amides is 1. The number of imidazole rings is 1. The Morgan fingerprint density at radius 2 is 2.00 bits per heavy atom. The monoisotopic (exact) mass is 455 g/mol. The summed E-state index contributed by atoms with van der Waals surface area (Å²) in [6, 6.07) is 0. The van der Waals surface area contributed by atoms with E-state index in [1.54, 1.807) is 6.33 Å². The molecule has 0 aliphatic carbocycles. The summed E-state index contributed by atoms with van der Waals surface area (Å²) in [7, 11) is 0. The predicted molar refractivity (Wildman–Crippen MR) is 132 cm³/mol. The second kappa shape index (κ2) is 11.8. The van der Waals surface area contributed by atoms with Gasteiger partial charge in [-0.3, -0.25) is 4.79 Å². The maximum Gasteiger partial charge on any atom is 0.224 e. The molecule has 2 aliphatic rings. The van der Waals surface area contributed by atoms with Crippen molar-refractivity contribution in [2.45, 2.75) is 78.2 Å². The highest BCUT2D eigenvalue weighted by molar-refractivity contribution is 5.85. The highest BCUT2D eigenvalue weighted by Gasteiger charge is 2.29. The van der Waals surface area contributed by atoms with Crippen LogP contribution in [0.3, 0.4) is 0 Å². The molecule has 182 valence electrons. The van der Waals surface area contributed by atoms with Crippen molar-refractivity contribution >= 4 is 22.9 Å². The van der Waals surface area contributed by atoms with Crippen molar-refractivity contribution in [3.63, 3.8) is 0 Å². The van der Waals surface area contributed by atoms with Gasteiger partial charge >= 0.3 is 0 Å². The van der Waals surface area contributed by atoms with Gasteiger partial charge < -0.3 is 19.7 Å². The molecule has 1 atom stereocenters. The van der Waals surface area contributed by atoms with E-state index in [2.05, 4.69) is 43.5 Å². The highest BCUT2D eigenvalue weighted by Crippen LogP contribution is 2.29. The number of nitrogens with zero attached hydrogens (tertiary/aromatic N) is 6. The molecule has 8 nitrogen and oxygen atoms in total. The molecule has 2 aliphatic heterocycles. The van der Waals surface area contributed by atoms with Crippen molar-refractivity contribution in [1.82, 2.24) is 29.7 Å². The normalized spacial score (nSPS) is 19.0. The molecular weight excluding hydrogens is 414 g/mol. The van der Waals surface area contributed by atoms with Crippen molar-refractivity contribution in [2.24, 2.45) is 5.92 Å². The van der Waals surface area contributed by atoms with Crippen LogP contribution in [0.25, 0.3) is 11.2 Å². The van der Waals surface area contributed by atoms with Crippen molar-refractivity contribution < 1.29 is 4.79 Å². The Balaban J connectivity index is 1.35. The van der Waals surface area contributed by atoms with E-state index in [4.69, 9.17) is 4.98 Å². The van der Waals surface area contributed by atoms with Gasteiger partial charge in [-0.25, -0.2) is 15.0 Å². The molecule has 0 saturated carbocycles. The molecule has 2 aromatic rings. The summed E-state index contributed by atoms with van der Waals surface area (Å²) in [5, 5.41) is 3.20. The smallest absolute Gasteiger partial charge is 0.224 e. The van der Waals surface area contributed by atoms with Gasteiger partial charge in [-0.05, 0) is 58.2 Å². The van der Waals surface area contributed by atoms with E-state index in [1.807, 2.05) is 0 Å². The van der Waals surface area contributed by atoms with Crippen molar-refractivity contribution in [1.29, 1.82) is 0 Å². The number of anilines is 1. The summed E-state index contributed by atoms with van der Waals surface area (Å²) < 4.78 is 2.28. The van der Waals surface area contributed by atoms with Gasteiger partial charge in [0.1, 0.15) is 12.2 Å². The number of rotatable bonds is 10. The van der Waals surface area contributed by atoms with Crippen LogP contribution in [0.15, 0.2) is 6.33 Å². The van der Waals surface area contributed by atoms with E-state index in [1.165, 1.54) is 32.1 Å². The van der Waals surface area contributed by atoms with Crippen molar-refractivity contribution in [3.8, 4) is 0 Å². The van der Waals surface area contributed by atoms with Crippen LogP contribution in [0.5, 0.6) is 0 Å². The van der Waals surface area contributed by atoms with Gasteiger partial charge in [-0.1, -0.05) is 26.7 Å². The van der Waals surface area contributed by atoms with E-state index in [0.29, 0.717) is 6.54 Å². The van der Waals surface area contributed by atoms with Gasteiger partial charge in [0.2, 0.25) is 5.91 Å². The molecule has 33 heavy (non-hydrogen) atoms. The maximum absolute atomic E-state index is 12.9. The minimum Gasteiger partial charge on any atom is -0.356 e. The van der Waals surface area contributed by atoms with E-state index in [9.17, 15) is 4.79 Å². The minimum absolute atomic E-state index is 0.00609. The lowest BCUT2D eigenvalue weighted by Crippen LogP contribution is -2.44. The highest BCUT2D eigenvalue weighted by atomic mass is 16.1. The maximum atomic E-state index is 12.9. The number of nitrogens with one attached hydrogen (secondary N) is 1. The molecule has 2 aromatic heterocycles. The average Bonchev–Trinajstić information content (AvgIpc) is 3.04. The second-order valence-electron chi connectivity index (χ2n) is 9.58. The summed E-state index contributed by atoms with van der Waals surface area (Å²) >= 11 is 0. The summed E-state index contributed by atoms with van der Waals surface area (Å²) in [5.74, 6) is 2.22. The number of carbonyl (C=O) groups excluding carboxylic acids is 1. The van der Waals surface area contributed by atoms with Gasteiger partial charge in [0.15, 0.2) is 17.0 Å². The van der Waals surface area contributed by atoms with Crippen LogP contribution < -0.4 is 10.2 Å². The third-order valence-corrected chi connectivity index (χ3v) is 7.19. The van der Waals surface area contributed by atoms with Crippen LogP contribution in [0.1, 0.15) is 71.0 Å². The molecule has 4 rings (SSSR count). The summed E-state index contributed by atoms with van der Waals surface area (Å²) in [6.07, 6.45) is 11.7. The predicted octanol–water partition coefficient (Wildman–Crippen LogP) is 3.40. The van der Waals surface area contributed by atoms with Crippen LogP contribution in [-0.4, -0.2) is 69.6 Å². The third-order valence-electron chi connectivity index (χ3n) is 7.19. The number of aryl methyl sites for hydroxylation is 2. The van der Waals surface area contributed by atoms with Crippen LogP contribution >= 0.6 is 0 Å². The Hall–Kier alpha value is -2.22. The lowest BCUT2D eigenvalue weighted by atomic mass is 9.97. The quantitative estimate of drug-likeness (QED) is 0.553. The third kappa shape index (κ3) is 5.83. The molecule has 1 amide bonds. The zero-order valence-electron chi connectivity index (χ0n) is 20.6. The van der Waals surface area contributed by atoms with Crippen molar-refractivity contribution in [2.75, 3.05) is 44.2 Å². The van der Waals surface area contributed by atoms with Crippen LogP contribution in [0.4, 0.5) is 5.82 Å². The first-order valence-electron chi connectivity index (χ1n) is 13.2. The Morgan fingerprint density at radius 1 is 1.12 bits per heavy atom. The van der Waals surface area contributed by atoms with Crippen LogP contribution in [0, 0.1) is 5.92 Å². The molecule has 0 radical (unpaired) electrons. The summed E-state index contributed by atoms with van der Waals surface area (Å²) in [4.78, 5) is 31.8. The molecule has 8 heteroatoms. The van der Waals surface area contributed by atoms with Gasteiger partial charge in [0, 0.05) is 32.6 Å². The fourth-order valence-electron chi connectivity index (χ4n) is 5.21. The van der Waals surface area contributed by atoms with E-state index in [-0.39, 0.29) is 11.8 Å². The number of carbonyl (C=O) groups is 1. The number of aromatic nitrogens is 4. The molecule has 0 unspecified atom stereocenters. The van der Waals surface area contributed by atoms with Gasteiger partial charge in [0.25, 0.3) is 0 Å². The van der Waals surface area contributed by atoms with E-state index < -0.39 is 0 Å². The lowest BCUT2D eigenvalue weighted by molar-refractivity contribution is -0.125. The summed E-state index contributed by atoms with van der Waals surface area (Å²) in [6.45, 7) is 11.1. The second-order valence-corrected chi connectivity index (χ2v) is 9.58. The first kappa shape index (κ1) is 23.9. The molecule has 1 fully saturated rings. The first-order chi connectivity index (χ1) is 16.2. The molecule has 4 heterocycles. The van der Waals surface area contributed by atoms with Gasteiger partial charge in [-0.15, -0.1) is 0 Å². The van der Waals surface area contributed by atoms with Crippen LogP contribution in [-0.2, 0) is 17.8 Å². The number of piperidine rings is 1. The Bertz CT molecular complexity index is 912. The SMILES string of the molecule is CCCCN(CC)CCCNC(=O)[C@H]1CCCN(c2ncnc3c2nc2n3CCCCC2)C1. The van der Waals surface area contributed by atoms with Gasteiger partial charge in [-0.2, -0.15) is 0 Å². The average molecular weight is 456 g/mol. The number of hydrogen-bond acceptors (Lipinski definition) is 6. The molecule has 1 N–H and O–H groups in total. The van der Waals surface area contributed by atoms with E-state index in [0.717, 1.165) is 87.8 Å². The lowest BCUT2D eigenvalue weighted by Gasteiger charge is -2.32. The van der Waals surface area contributed by atoms with E-state index >= 15 is 0 Å². The number of fused-ring (bicyclic) bond motifs is 3. The Kier molecular flexibility index (Phi) is 8.53. The molecule has 1 saturated heterocycles. The molecular formula is C25H41N7O. The largest absolute Gasteiger partial charge is 0.356 e. The summed E-state index contributed by atoms with van der Waals surface area (Å²) in [5.41, 5.74) is 1.86. The van der Waals surface area contributed by atoms with Gasteiger partial charge in [0.05, 0.1) is 5.92 Å². The minimum atomic E-state index is 0.00609. The fraction of sp³-hybridized carbons (Fsp3) is 0.760. The molecule has 0 bridgehead atoms. The number of hydrogen-bond donors (Lipinski definition) is 1. The standard InChI is InChI=1S/C25H41N7O/c1-3-5-14-30(4-2)15-10-13-26-25(33)20-11-9-16-31(18-20)23-22-24(28-19-27-23)32-17-8-6-7-12-21(32)29-22/h19-20H,3-18H2,1-2H3,(H,26,33)/t20-/m0/s1.